The number of ketones is 1. The first-order valence-electron chi connectivity index (χ1n) is 12.5. The van der Waals surface area contributed by atoms with Crippen LogP contribution in [0.4, 0.5) is 0 Å². The molecule has 0 bridgehead atoms. The zero-order valence-electron chi connectivity index (χ0n) is 22.6. The van der Waals surface area contributed by atoms with E-state index >= 15 is 0 Å². The van der Waals surface area contributed by atoms with Crippen molar-refractivity contribution in [1.29, 1.82) is 0 Å². The highest BCUT2D eigenvalue weighted by atomic mass is 28.4. The molecule has 35 heavy (non-hydrogen) atoms. The lowest BCUT2D eigenvalue weighted by molar-refractivity contribution is 0.0600. The Morgan fingerprint density at radius 2 is 1.57 bits per heavy atom. The predicted octanol–water partition coefficient (Wildman–Crippen LogP) is 6.38. The summed E-state index contributed by atoms with van der Waals surface area (Å²) in [6, 6.07) is 12.4. The average Bonchev–Trinajstić information content (AvgIpc) is 3.21. The second-order valence-corrected chi connectivity index (χ2v) is 16.1. The Hall–Kier alpha value is -2.15. The van der Waals surface area contributed by atoms with Crippen LogP contribution in [0.3, 0.4) is 0 Å². The van der Waals surface area contributed by atoms with Gasteiger partial charge in [-0.25, -0.2) is 0 Å². The summed E-state index contributed by atoms with van der Waals surface area (Å²) >= 11 is 0. The third-order valence-corrected chi connectivity index (χ3v) is 12.3. The number of aliphatic hydroxyl groups excluding tert-OH is 1. The molecule has 6 heteroatoms. The van der Waals surface area contributed by atoms with Gasteiger partial charge in [0, 0.05) is 12.5 Å². The number of hydrogen-bond acceptors (Lipinski definition) is 5. The number of benzene rings is 2. The van der Waals surface area contributed by atoms with E-state index < -0.39 is 8.32 Å². The number of fused-ring (bicyclic) bond motifs is 1. The fourth-order valence-corrected chi connectivity index (χ4v) is 6.23. The molecule has 0 amide bonds. The van der Waals surface area contributed by atoms with Gasteiger partial charge in [0.2, 0.25) is 0 Å². The molecule has 5 nitrogen and oxygen atoms in total. The van der Waals surface area contributed by atoms with Crippen LogP contribution in [0.5, 0.6) is 11.5 Å². The molecule has 0 saturated carbocycles. The van der Waals surface area contributed by atoms with E-state index in [4.69, 9.17) is 13.9 Å². The molecule has 2 aromatic rings. The van der Waals surface area contributed by atoms with Gasteiger partial charge in [-0.3, -0.25) is 4.79 Å². The SMILES string of the molecule is COc1cc([C@@H](O[Si](C)(C)C(C)(C)C)[C@H](CO)CC2Cc3ccccc3C2)cc(OC)c1C(C)=O. The van der Waals surface area contributed by atoms with E-state index in [1.54, 1.807) is 14.2 Å². The van der Waals surface area contributed by atoms with E-state index in [-0.39, 0.29) is 29.5 Å². The lowest BCUT2D eigenvalue weighted by Gasteiger charge is -2.42. The van der Waals surface area contributed by atoms with Crippen LogP contribution in [0.15, 0.2) is 36.4 Å². The highest BCUT2D eigenvalue weighted by Crippen LogP contribution is 2.45. The second-order valence-electron chi connectivity index (χ2n) is 11.4. The Balaban J connectivity index is 2.03. The Labute approximate surface area is 211 Å². The van der Waals surface area contributed by atoms with Gasteiger partial charge in [0.25, 0.3) is 0 Å². The van der Waals surface area contributed by atoms with Crippen LogP contribution in [0.25, 0.3) is 0 Å². The number of aliphatic hydroxyl groups is 1. The van der Waals surface area contributed by atoms with E-state index in [9.17, 15) is 9.90 Å². The minimum atomic E-state index is -2.20. The summed E-state index contributed by atoms with van der Waals surface area (Å²) in [6.45, 7) is 12.7. The first-order valence-corrected chi connectivity index (χ1v) is 15.4. The van der Waals surface area contributed by atoms with Crippen molar-refractivity contribution in [2.45, 2.75) is 71.2 Å². The number of carbonyl (C=O) groups excluding carboxylic acids is 1. The monoisotopic (exact) mass is 498 g/mol. The van der Waals surface area contributed by atoms with Crippen molar-refractivity contribution in [3.63, 3.8) is 0 Å². The molecule has 1 aliphatic rings. The summed E-state index contributed by atoms with van der Waals surface area (Å²) in [5.74, 6) is 1.19. The smallest absolute Gasteiger partial charge is 0.192 e. The first-order chi connectivity index (χ1) is 16.4. The van der Waals surface area contributed by atoms with Gasteiger partial charge in [0.05, 0.1) is 20.3 Å². The highest BCUT2D eigenvalue weighted by Gasteiger charge is 2.42. The number of hydrogen-bond donors (Lipinski definition) is 1. The van der Waals surface area contributed by atoms with Gasteiger partial charge in [0.1, 0.15) is 17.1 Å². The number of methoxy groups -OCH3 is 2. The molecular weight excluding hydrogens is 456 g/mol. The van der Waals surface area contributed by atoms with Crippen molar-refractivity contribution >= 4 is 14.1 Å². The lowest BCUT2D eigenvalue weighted by atomic mass is 9.85. The van der Waals surface area contributed by atoms with Crippen molar-refractivity contribution in [2.24, 2.45) is 11.8 Å². The van der Waals surface area contributed by atoms with Crippen LogP contribution in [-0.2, 0) is 17.3 Å². The minimum absolute atomic E-state index is 0.00233. The van der Waals surface area contributed by atoms with E-state index in [0.29, 0.717) is 23.0 Å². The zero-order valence-corrected chi connectivity index (χ0v) is 23.6. The molecule has 1 aliphatic carbocycles. The van der Waals surface area contributed by atoms with Crippen LogP contribution in [0.1, 0.15) is 67.3 Å². The number of rotatable bonds is 10. The van der Waals surface area contributed by atoms with Crippen molar-refractivity contribution in [2.75, 3.05) is 20.8 Å². The summed E-state index contributed by atoms with van der Waals surface area (Å²) in [6.07, 6.45) is 2.56. The topological polar surface area (TPSA) is 65.0 Å². The lowest BCUT2D eigenvalue weighted by Crippen LogP contribution is -2.43. The van der Waals surface area contributed by atoms with Gasteiger partial charge >= 0.3 is 0 Å². The summed E-state index contributed by atoms with van der Waals surface area (Å²) in [5.41, 5.74) is 4.12. The van der Waals surface area contributed by atoms with Crippen molar-refractivity contribution < 1.29 is 23.8 Å². The predicted molar refractivity (Wildman–Crippen MR) is 143 cm³/mol. The molecule has 192 valence electrons. The fourth-order valence-electron chi connectivity index (χ4n) is 4.91. The average molecular weight is 499 g/mol. The second kappa shape index (κ2) is 10.9. The van der Waals surface area contributed by atoms with Gasteiger partial charge in [-0.2, -0.15) is 0 Å². The minimum Gasteiger partial charge on any atom is -0.496 e. The van der Waals surface area contributed by atoms with Gasteiger partial charge in [-0.1, -0.05) is 45.0 Å². The third-order valence-electron chi connectivity index (χ3n) is 7.87. The molecule has 0 aliphatic heterocycles. The van der Waals surface area contributed by atoms with Crippen LogP contribution in [0, 0.1) is 11.8 Å². The summed E-state index contributed by atoms with van der Waals surface area (Å²) in [5, 5.41) is 10.7. The van der Waals surface area contributed by atoms with Gasteiger partial charge in [0.15, 0.2) is 14.1 Å². The van der Waals surface area contributed by atoms with Crippen molar-refractivity contribution in [3.05, 3.63) is 58.7 Å². The molecule has 0 saturated heterocycles. The summed E-state index contributed by atoms with van der Waals surface area (Å²) < 4.78 is 18.2. The number of Topliss-reactive ketones (excluding diaryl/α,β-unsaturated/α-hetero) is 1. The van der Waals surface area contributed by atoms with E-state index in [2.05, 4.69) is 58.1 Å². The molecule has 2 atom stereocenters. The van der Waals surface area contributed by atoms with Crippen LogP contribution < -0.4 is 9.47 Å². The molecule has 2 aromatic carbocycles. The largest absolute Gasteiger partial charge is 0.496 e. The van der Waals surface area contributed by atoms with Crippen LogP contribution in [0.2, 0.25) is 18.1 Å². The van der Waals surface area contributed by atoms with E-state index in [0.717, 1.165) is 24.8 Å². The molecule has 1 N–H and O–H groups in total. The van der Waals surface area contributed by atoms with Gasteiger partial charge in [-0.05, 0) is 79.1 Å². The molecule has 0 heterocycles. The summed E-state index contributed by atoms with van der Waals surface area (Å²) in [7, 11) is 0.928. The molecule has 3 rings (SSSR count). The van der Waals surface area contributed by atoms with Gasteiger partial charge < -0.3 is 19.0 Å². The molecule has 0 aromatic heterocycles. The molecular formula is C29H42O5Si. The highest BCUT2D eigenvalue weighted by molar-refractivity contribution is 6.74. The summed E-state index contributed by atoms with van der Waals surface area (Å²) in [4.78, 5) is 12.3. The normalized spacial score (nSPS) is 16.0. The van der Waals surface area contributed by atoms with Crippen molar-refractivity contribution in [1.82, 2.24) is 0 Å². The maximum Gasteiger partial charge on any atom is 0.192 e. The molecule has 0 fully saturated rings. The Morgan fingerprint density at radius 1 is 1.06 bits per heavy atom. The van der Waals surface area contributed by atoms with Crippen molar-refractivity contribution in [3.8, 4) is 11.5 Å². The maximum absolute atomic E-state index is 12.3. The van der Waals surface area contributed by atoms with Crippen LogP contribution >= 0.6 is 0 Å². The van der Waals surface area contributed by atoms with E-state index in [1.165, 1.54) is 18.1 Å². The Bertz CT molecular complexity index is 990. The standard InChI is InChI=1S/C29H42O5Si/c1-19(31)27-25(32-5)16-23(17-26(27)33-6)28(34-35(7,8)29(2,3)4)24(18-30)15-20-13-21-11-9-10-12-22(21)14-20/h9-12,16-17,20,24,28,30H,13-15,18H2,1-8H3/t24-,28+/m0/s1. The number of carbonyl (C=O) groups is 1. The fraction of sp³-hybridized carbons (Fsp3) is 0.552. The Morgan fingerprint density at radius 3 is 1.97 bits per heavy atom. The zero-order chi connectivity index (χ0) is 26.0. The molecule has 0 spiro atoms. The number of ether oxygens (including phenoxy) is 2. The Kier molecular flexibility index (Phi) is 8.51. The quantitative estimate of drug-likeness (QED) is 0.304. The molecule has 0 radical (unpaired) electrons. The maximum atomic E-state index is 12.3. The molecule has 0 unspecified atom stereocenters. The first kappa shape index (κ1) is 27.4. The van der Waals surface area contributed by atoms with E-state index in [1.807, 2.05) is 12.1 Å². The third kappa shape index (κ3) is 5.99. The van der Waals surface area contributed by atoms with Crippen LogP contribution in [-0.4, -0.2) is 40.0 Å². The van der Waals surface area contributed by atoms with Gasteiger partial charge in [-0.15, -0.1) is 0 Å².